The summed E-state index contributed by atoms with van der Waals surface area (Å²) in [7, 11) is 3.15. The number of aromatic nitrogens is 2. The number of hydrogen-bond donors (Lipinski definition) is 2. The molecule has 0 fully saturated rings. The number of benzene rings is 2. The Balaban J connectivity index is 1.78. The molecule has 2 aromatic carbocycles. The minimum Gasteiger partial charge on any atom is -0.486 e. The van der Waals surface area contributed by atoms with Gasteiger partial charge in [-0.2, -0.15) is 13.2 Å². The first-order chi connectivity index (χ1) is 16.0. The second-order valence-electron chi connectivity index (χ2n) is 7.75. The number of H-pyrrole nitrogens is 1. The summed E-state index contributed by atoms with van der Waals surface area (Å²) in [6.07, 6.45) is -3.93. The molecule has 0 radical (unpaired) electrons. The lowest BCUT2D eigenvalue weighted by Gasteiger charge is -2.19. The number of amides is 1. The molecule has 0 spiro atoms. The molecule has 3 aromatic rings. The van der Waals surface area contributed by atoms with Crippen molar-refractivity contribution >= 4 is 16.9 Å². The van der Waals surface area contributed by atoms with E-state index in [2.05, 4.69) is 23.1 Å². The van der Waals surface area contributed by atoms with Crippen LogP contribution in [0.5, 0.6) is 0 Å². The maximum Gasteiger partial charge on any atom is 0.415 e. The van der Waals surface area contributed by atoms with Gasteiger partial charge in [0.2, 0.25) is 0 Å². The molecule has 1 heterocycles. The minimum atomic E-state index is -4.51. The van der Waals surface area contributed by atoms with E-state index in [1.807, 2.05) is 24.3 Å². The number of aliphatic hydroxyl groups is 1. The zero-order valence-electron chi connectivity index (χ0n) is 18.7. The number of aliphatic hydroxyl groups excluding tert-OH is 1. The molecule has 0 aliphatic heterocycles. The number of ether oxygens (including phenoxy) is 1. The van der Waals surface area contributed by atoms with Crippen molar-refractivity contribution in [2.24, 2.45) is 0 Å². The molecule has 1 amide bonds. The highest BCUT2D eigenvalue weighted by molar-refractivity contribution is 5.87. The molecule has 0 aliphatic carbocycles. The van der Waals surface area contributed by atoms with Gasteiger partial charge in [0.15, 0.2) is 6.10 Å². The van der Waals surface area contributed by atoms with Gasteiger partial charge >= 0.3 is 6.18 Å². The Morgan fingerprint density at radius 2 is 1.91 bits per heavy atom. The van der Waals surface area contributed by atoms with Crippen molar-refractivity contribution in [1.82, 2.24) is 14.9 Å². The monoisotopic (exact) mass is 471 g/mol. The number of hydrogen-bond acceptors (Lipinski definition) is 4. The lowest BCUT2D eigenvalue weighted by atomic mass is 9.95. The molecule has 1 unspecified atom stereocenters. The van der Waals surface area contributed by atoms with Gasteiger partial charge in [-0.25, -0.2) is 4.98 Å². The summed E-state index contributed by atoms with van der Waals surface area (Å²) in [6.45, 7) is 6.49. The van der Waals surface area contributed by atoms with Crippen LogP contribution in [-0.2, 0) is 16.1 Å². The molecule has 178 valence electrons. The molecular weight excluding hydrogens is 447 g/mol. The number of carbonyl (C=O) groups excluding carboxylic acids is 1. The molecule has 0 saturated carbocycles. The van der Waals surface area contributed by atoms with Gasteiger partial charge in [0.1, 0.15) is 18.2 Å². The quantitative estimate of drug-likeness (QED) is 0.356. The van der Waals surface area contributed by atoms with E-state index in [9.17, 15) is 23.1 Å². The first-order valence-corrected chi connectivity index (χ1v) is 10.2. The molecule has 0 saturated heterocycles. The fourth-order valence-corrected chi connectivity index (χ4v) is 3.17. The van der Waals surface area contributed by atoms with E-state index in [0.29, 0.717) is 28.0 Å². The van der Waals surface area contributed by atoms with Crippen LogP contribution < -0.4 is 0 Å². The summed E-state index contributed by atoms with van der Waals surface area (Å²) >= 11 is 0. The van der Waals surface area contributed by atoms with Gasteiger partial charge in [0, 0.05) is 19.7 Å². The summed E-state index contributed by atoms with van der Waals surface area (Å²) in [5.74, 6) is 0.0510. The van der Waals surface area contributed by atoms with Crippen LogP contribution in [0.25, 0.3) is 22.2 Å². The highest BCUT2D eigenvalue weighted by atomic mass is 19.4. The van der Waals surface area contributed by atoms with Gasteiger partial charge < -0.3 is 19.7 Å². The van der Waals surface area contributed by atoms with Crippen LogP contribution >= 0.6 is 0 Å². The van der Waals surface area contributed by atoms with Gasteiger partial charge in [0.05, 0.1) is 11.0 Å². The summed E-state index contributed by atoms with van der Waals surface area (Å²) in [6, 6.07) is 12.5. The third-order valence-corrected chi connectivity index (χ3v) is 5.00. The number of halogens is 3. The summed E-state index contributed by atoms with van der Waals surface area (Å²) in [4.78, 5) is 21.1. The third kappa shape index (κ3) is 5.74. The van der Waals surface area contributed by atoms with Gasteiger partial charge in [-0.05, 0) is 41.0 Å². The number of allylic oxidation sites excluding steroid dienone is 3. The van der Waals surface area contributed by atoms with Gasteiger partial charge in [0.25, 0.3) is 5.91 Å². The number of likely N-dealkylation sites (N-methyl/N-ethyl adjacent to an activating group) is 1. The Kier molecular flexibility index (Phi) is 7.26. The fourth-order valence-electron chi connectivity index (χ4n) is 3.17. The van der Waals surface area contributed by atoms with E-state index < -0.39 is 23.8 Å². The molecule has 34 heavy (non-hydrogen) atoms. The maximum absolute atomic E-state index is 12.5. The second-order valence-corrected chi connectivity index (χ2v) is 7.75. The van der Waals surface area contributed by atoms with Crippen LogP contribution in [0, 0.1) is 0 Å². The number of carbonyl (C=O) groups is 1. The normalized spacial score (nSPS) is 12.6. The molecule has 9 heteroatoms. The Hall–Kier alpha value is -3.85. The van der Waals surface area contributed by atoms with Crippen molar-refractivity contribution in [1.29, 1.82) is 0 Å². The van der Waals surface area contributed by atoms with E-state index in [0.717, 1.165) is 17.7 Å². The van der Waals surface area contributed by atoms with Gasteiger partial charge in [-0.15, -0.1) is 0 Å². The summed E-state index contributed by atoms with van der Waals surface area (Å²) < 4.78 is 42.9. The average Bonchev–Trinajstić information content (AvgIpc) is 3.21. The minimum absolute atomic E-state index is 0.0278. The Morgan fingerprint density at radius 1 is 1.21 bits per heavy atom. The smallest absolute Gasteiger partial charge is 0.415 e. The van der Waals surface area contributed by atoms with Gasteiger partial charge in [-0.1, -0.05) is 43.5 Å². The topological polar surface area (TPSA) is 78.5 Å². The first-order valence-electron chi connectivity index (χ1n) is 10.2. The van der Waals surface area contributed by atoms with Crippen molar-refractivity contribution in [3.8, 4) is 11.1 Å². The van der Waals surface area contributed by atoms with Crippen molar-refractivity contribution in [2.75, 3.05) is 14.1 Å². The van der Waals surface area contributed by atoms with E-state index in [4.69, 9.17) is 4.74 Å². The molecular formula is C25H24F3N3O3. The fraction of sp³-hybridized carbons (Fsp3) is 0.200. The molecule has 0 aliphatic rings. The van der Waals surface area contributed by atoms with E-state index in [-0.39, 0.29) is 12.4 Å². The lowest BCUT2D eigenvalue weighted by Crippen LogP contribution is -2.28. The van der Waals surface area contributed by atoms with Gasteiger partial charge in [-0.3, -0.25) is 4.79 Å². The molecule has 6 nitrogen and oxygen atoms in total. The number of imidazole rings is 1. The van der Waals surface area contributed by atoms with Crippen LogP contribution in [0.4, 0.5) is 13.2 Å². The molecule has 0 bridgehead atoms. The van der Waals surface area contributed by atoms with Crippen molar-refractivity contribution in [3.05, 3.63) is 90.5 Å². The average molecular weight is 471 g/mol. The number of nitrogens with zero attached hydrogens (tertiary/aromatic N) is 2. The molecule has 1 aromatic heterocycles. The van der Waals surface area contributed by atoms with E-state index in [1.54, 1.807) is 32.3 Å². The van der Waals surface area contributed by atoms with Crippen molar-refractivity contribution < 1.29 is 27.8 Å². The predicted octanol–water partition coefficient (Wildman–Crippen LogP) is 5.06. The number of rotatable bonds is 8. The van der Waals surface area contributed by atoms with Crippen LogP contribution in [0.2, 0.25) is 0 Å². The number of fused-ring (bicyclic) bond motifs is 1. The molecule has 3 rings (SSSR count). The van der Waals surface area contributed by atoms with Crippen molar-refractivity contribution in [3.63, 3.8) is 0 Å². The van der Waals surface area contributed by atoms with Crippen molar-refractivity contribution in [2.45, 2.75) is 18.9 Å². The first kappa shape index (κ1) is 24.8. The molecule has 1 atom stereocenters. The second kappa shape index (κ2) is 9.96. The summed E-state index contributed by atoms with van der Waals surface area (Å²) in [5, 5.41) is 10.6. The predicted molar refractivity (Wildman–Crippen MR) is 123 cm³/mol. The molecule has 2 N–H and O–H groups in total. The zero-order valence-corrected chi connectivity index (χ0v) is 18.7. The van der Waals surface area contributed by atoms with E-state index >= 15 is 0 Å². The Labute approximate surface area is 194 Å². The van der Waals surface area contributed by atoms with E-state index in [1.165, 1.54) is 4.90 Å². The van der Waals surface area contributed by atoms with Crippen LogP contribution in [0.1, 0.15) is 17.5 Å². The largest absolute Gasteiger partial charge is 0.486 e. The number of nitrogens with one attached hydrogen (secondary N) is 1. The maximum atomic E-state index is 12.5. The lowest BCUT2D eigenvalue weighted by molar-refractivity contribution is -0.137. The highest BCUT2D eigenvalue weighted by Gasteiger charge is 2.29. The van der Waals surface area contributed by atoms with Crippen LogP contribution in [-0.4, -0.2) is 46.2 Å². The zero-order chi connectivity index (χ0) is 25.0. The highest BCUT2D eigenvalue weighted by Crippen LogP contribution is 2.31. The van der Waals surface area contributed by atoms with Crippen LogP contribution in [0.3, 0.4) is 0 Å². The van der Waals surface area contributed by atoms with Crippen LogP contribution in [0.15, 0.2) is 79.1 Å². The summed E-state index contributed by atoms with van der Waals surface area (Å²) in [5.41, 5.74) is 2.27. The third-order valence-electron chi connectivity index (χ3n) is 5.00. The standard InChI is InChI=1S/C25H24F3N3O3/c1-15(25(26,27)28)9-10-16(2)34-14-22-29-20-12-11-17(13-21(20)30-22)18-7-5-6-8-19(18)23(32)24(33)31(3)4/h5-13,23,32H,1-2,14H2,3-4H3,(H,29,30)/b10-9-. The SMILES string of the molecule is C=C(/C=C\C(=C)C(F)(F)F)OCc1nc2ccc(-c3ccccc3C(O)C(=O)N(C)C)cc2[nH]1. The Bertz CT molecular complexity index is 1260. The number of alkyl halides is 3. The Morgan fingerprint density at radius 3 is 2.59 bits per heavy atom. The number of aromatic amines is 1.